The third-order valence-electron chi connectivity index (χ3n) is 1.31. The third-order valence-corrected chi connectivity index (χ3v) is 2.57. The number of methoxy groups -OCH3 is 1. The van der Waals surface area contributed by atoms with Crippen molar-refractivity contribution in [3.05, 3.63) is 11.8 Å². The van der Waals surface area contributed by atoms with E-state index in [0.29, 0.717) is 0 Å². The average Bonchev–Trinajstić information content (AvgIpc) is 2.24. The van der Waals surface area contributed by atoms with Gasteiger partial charge in [0.2, 0.25) is 0 Å². The summed E-state index contributed by atoms with van der Waals surface area (Å²) < 4.78 is 29.3. The fraction of sp³-hybridized carbons (Fsp3) is 0.571. The van der Waals surface area contributed by atoms with Gasteiger partial charge in [-0.2, -0.15) is 0 Å². The van der Waals surface area contributed by atoms with Gasteiger partial charge in [-0.3, -0.25) is 9.05 Å². The van der Waals surface area contributed by atoms with Crippen molar-refractivity contribution in [1.29, 1.82) is 0 Å². The second-order valence-electron chi connectivity index (χ2n) is 2.21. The molecule has 0 radical (unpaired) electrons. The lowest BCUT2D eigenvalue weighted by molar-refractivity contribution is -0.136. The quantitative estimate of drug-likeness (QED) is 0.305. The lowest BCUT2D eigenvalue weighted by Gasteiger charge is -2.11. The van der Waals surface area contributed by atoms with E-state index in [1.165, 1.54) is 28.3 Å². The van der Waals surface area contributed by atoms with E-state index >= 15 is 0 Å². The molecule has 0 unspecified atom stereocenters. The first-order valence-corrected chi connectivity index (χ1v) is 5.10. The van der Waals surface area contributed by atoms with Gasteiger partial charge in [-0.25, -0.2) is 9.36 Å². The molecule has 0 rings (SSSR count). The molecular formula is C7H13O6P. The number of rotatable bonds is 5. The Kier molecular flexibility index (Phi) is 5.45. The molecule has 0 amide bonds. The van der Waals surface area contributed by atoms with Gasteiger partial charge >= 0.3 is 13.8 Å². The van der Waals surface area contributed by atoms with E-state index in [1.807, 2.05) is 0 Å². The lowest BCUT2D eigenvalue weighted by Crippen LogP contribution is -2.02. The second-order valence-corrected chi connectivity index (χ2v) is 4.05. The summed E-state index contributed by atoms with van der Waals surface area (Å²) in [5.41, 5.74) is 0.154. The van der Waals surface area contributed by atoms with E-state index in [1.54, 1.807) is 0 Å². The summed E-state index contributed by atoms with van der Waals surface area (Å²) in [4.78, 5) is 10.9. The molecule has 0 atom stereocenters. The van der Waals surface area contributed by atoms with E-state index in [4.69, 9.17) is 0 Å². The van der Waals surface area contributed by atoms with E-state index in [0.717, 1.165) is 6.26 Å². The van der Waals surface area contributed by atoms with Crippen LogP contribution in [0.1, 0.15) is 6.92 Å². The van der Waals surface area contributed by atoms with Crippen molar-refractivity contribution in [1.82, 2.24) is 0 Å². The molecule has 0 N–H and O–H groups in total. The number of carbonyl (C=O) groups is 1. The zero-order valence-electron chi connectivity index (χ0n) is 8.47. The Bertz CT molecular complexity index is 263. The van der Waals surface area contributed by atoms with Crippen molar-refractivity contribution in [2.45, 2.75) is 6.92 Å². The summed E-state index contributed by atoms with van der Waals surface area (Å²) in [6, 6.07) is 0. The molecule has 0 aromatic rings. The molecule has 0 aliphatic carbocycles. The maximum absolute atomic E-state index is 11.3. The normalized spacial score (nSPS) is 12.4. The zero-order chi connectivity index (χ0) is 11.2. The summed E-state index contributed by atoms with van der Waals surface area (Å²) >= 11 is 0. The Labute approximate surface area is 82.4 Å². The molecule has 14 heavy (non-hydrogen) atoms. The SMILES string of the molecule is COC(=O)/C(C)=C/OP(=O)(OC)OC. The van der Waals surface area contributed by atoms with Crippen LogP contribution in [0.3, 0.4) is 0 Å². The van der Waals surface area contributed by atoms with Crippen molar-refractivity contribution in [3.63, 3.8) is 0 Å². The van der Waals surface area contributed by atoms with Gasteiger partial charge in [-0.1, -0.05) is 0 Å². The fourth-order valence-corrected chi connectivity index (χ4v) is 1.12. The predicted molar refractivity (Wildman–Crippen MR) is 48.5 cm³/mol. The highest BCUT2D eigenvalue weighted by atomic mass is 31.2. The molecule has 0 aromatic heterocycles. The molecule has 7 heteroatoms. The van der Waals surface area contributed by atoms with Crippen LogP contribution < -0.4 is 0 Å². The number of hydrogen-bond donors (Lipinski definition) is 0. The summed E-state index contributed by atoms with van der Waals surface area (Å²) in [6.07, 6.45) is 0.972. The minimum Gasteiger partial charge on any atom is -0.466 e. The van der Waals surface area contributed by atoms with Gasteiger partial charge in [-0.05, 0) is 6.92 Å². The monoisotopic (exact) mass is 224 g/mol. The Morgan fingerprint density at radius 1 is 1.21 bits per heavy atom. The molecule has 0 saturated carbocycles. The predicted octanol–water partition coefficient (Wildman–Crippen LogP) is 1.48. The first-order valence-electron chi connectivity index (χ1n) is 3.64. The summed E-state index contributed by atoms with van der Waals surface area (Å²) in [6.45, 7) is 1.45. The highest BCUT2D eigenvalue weighted by molar-refractivity contribution is 7.48. The topological polar surface area (TPSA) is 71.1 Å². The molecule has 0 aliphatic rings. The van der Waals surface area contributed by atoms with Gasteiger partial charge in [0.25, 0.3) is 0 Å². The van der Waals surface area contributed by atoms with Crippen molar-refractivity contribution in [2.24, 2.45) is 0 Å². The highest BCUT2D eigenvalue weighted by Gasteiger charge is 2.22. The largest absolute Gasteiger partial charge is 0.528 e. The molecular weight excluding hydrogens is 211 g/mol. The molecule has 0 aliphatic heterocycles. The van der Waals surface area contributed by atoms with E-state index < -0.39 is 13.8 Å². The Balaban J connectivity index is 4.41. The van der Waals surface area contributed by atoms with Crippen LogP contribution in [0.15, 0.2) is 11.8 Å². The number of phosphoric ester groups is 1. The van der Waals surface area contributed by atoms with Gasteiger partial charge in [-0.15, -0.1) is 0 Å². The van der Waals surface area contributed by atoms with Gasteiger partial charge < -0.3 is 9.26 Å². The van der Waals surface area contributed by atoms with Crippen LogP contribution in [0.2, 0.25) is 0 Å². The van der Waals surface area contributed by atoms with Gasteiger partial charge in [0.05, 0.1) is 12.7 Å². The Hall–Kier alpha value is -0.840. The molecule has 0 bridgehead atoms. The standard InChI is InChI=1S/C7H13O6P/c1-6(7(8)10-2)5-13-14(9,11-3)12-4/h5H,1-4H3/b6-5+. The minimum absolute atomic E-state index is 0.154. The number of carbonyl (C=O) groups excluding carboxylic acids is 1. The molecule has 0 aromatic carbocycles. The van der Waals surface area contributed by atoms with Crippen LogP contribution in [0.25, 0.3) is 0 Å². The van der Waals surface area contributed by atoms with E-state index in [9.17, 15) is 9.36 Å². The minimum atomic E-state index is -3.57. The number of phosphoric acid groups is 1. The smallest absolute Gasteiger partial charge is 0.466 e. The van der Waals surface area contributed by atoms with Crippen LogP contribution >= 0.6 is 7.82 Å². The summed E-state index contributed by atoms with van der Waals surface area (Å²) in [5, 5.41) is 0. The second kappa shape index (κ2) is 5.80. The first-order chi connectivity index (χ1) is 6.49. The van der Waals surface area contributed by atoms with Crippen LogP contribution in [-0.2, 0) is 27.7 Å². The maximum atomic E-state index is 11.3. The van der Waals surface area contributed by atoms with Crippen LogP contribution in [0.4, 0.5) is 0 Å². The Morgan fingerprint density at radius 3 is 2.07 bits per heavy atom. The van der Waals surface area contributed by atoms with Crippen molar-refractivity contribution in [3.8, 4) is 0 Å². The lowest BCUT2D eigenvalue weighted by atomic mass is 10.3. The molecule has 6 nitrogen and oxygen atoms in total. The van der Waals surface area contributed by atoms with Gasteiger partial charge in [0, 0.05) is 14.2 Å². The average molecular weight is 224 g/mol. The van der Waals surface area contributed by atoms with Crippen molar-refractivity contribution >= 4 is 13.8 Å². The zero-order valence-corrected chi connectivity index (χ0v) is 9.37. The van der Waals surface area contributed by atoms with Crippen LogP contribution in [-0.4, -0.2) is 27.3 Å². The molecule has 82 valence electrons. The van der Waals surface area contributed by atoms with Crippen LogP contribution in [0, 0.1) is 0 Å². The molecule has 0 spiro atoms. The number of ether oxygens (including phenoxy) is 1. The van der Waals surface area contributed by atoms with Gasteiger partial charge in [0.1, 0.15) is 6.26 Å². The Morgan fingerprint density at radius 2 is 1.71 bits per heavy atom. The maximum Gasteiger partial charge on any atom is 0.528 e. The van der Waals surface area contributed by atoms with E-state index in [2.05, 4.69) is 18.3 Å². The van der Waals surface area contributed by atoms with Crippen molar-refractivity contribution in [2.75, 3.05) is 21.3 Å². The van der Waals surface area contributed by atoms with Crippen LogP contribution in [0.5, 0.6) is 0 Å². The first kappa shape index (κ1) is 13.2. The van der Waals surface area contributed by atoms with E-state index in [-0.39, 0.29) is 5.57 Å². The third kappa shape index (κ3) is 3.91. The molecule has 0 saturated heterocycles. The summed E-state index contributed by atoms with van der Waals surface area (Å²) in [5.74, 6) is -0.580. The molecule has 0 heterocycles. The number of esters is 1. The van der Waals surface area contributed by atoms with Crippen molar-refractivity contribution < 1.29 is 27.7 Å². The number of hydrogen-bond acceptors (Lipinski definition) is 6. The molecule has 0 fully saturated rings. The summed E-state index contributed by atoms with van der Waals surface area (Å²) in [7, 11) is 0.00314. The highest BCUT2D eigenvalue weighted by Crippen LogP contribution is 2.47. The fourth-order valence-electron chi connectivity index (χ4n) is 0.513. The van der Waals surface area contributed by atoms with Gasteiger partial charge in [0.15, 0.2) is 0 Å².